The first-order valence-corrected chi connectivity index (χ1v) is 8.12. The van der Waals surface area contributed by atoms with Crippen LogP contribution in [0.25, 0.3) is 0 Å². The lowest BCUT2D eigenvalue weighted by Gasteiger charge is -2.53. The molecule has 0 unspecified atom stereocenters. The first kappa shape index (κ1) is 15.9. The van der Waals surface area contributed by atoms with Crippen molar-refractivity contribution >= 4 is 17.5 Å². The van der Waals surface area contributed by atoms with Crippen LogP contribution in [0.4, 0.5) is 0 Å². The van der Waals surface area contributed by atoms with Crippen LogP contribution in [0, 0.1) is 11.3 Å². The van der Waals surface area contributed by atoms with Gasteiger partial charge in [-0.2, -0.15) is 0 Å². The van der Waals surface area contributed by atoms with Crippen LogP contribution in [0.3, 0.4) is 0 Å². The lowest BCUT2D eigenvalue weighted by Crippen LogP contribution is -2.53. The van der Waals surface area contributed by atoms with Crippen LogP contribution in [0.15, 0.2) is 18.2 Å². The number of benzene rings is 1. The van der Waals surface area contributed by atoms with Gasteiger partial charge in [0, 0.05) is 17.5 Å². The molecule has 2 aliphatic carbocycles. The second-order valence-electron chi connectivity index (χ2n) is 7.49. The van der Waals surface area contributed by atoms with Crippen molar-refractivity contribution in [2.24, 2.45) is 11.3 Å². The van der Waals surface area contributed by atoms with E-state index in [-0.39, 0.29) is 29.3 Å². The molecule has 0 heterocycles. The van der Waals surface area contributed by atoms with E-state index in [1.807, 2.05) is 6.07 Å². The molecule has 0 saturated heterocycles. The zero-order valence-electron chi connectivity index (χ0n) is 13.8. The number of hydrogen-bond acceptors (Lipinski definition) is 3. The number of aliphatic carboxylic acids is 1. The standard InChI is InChI=1S/C19H22O4/c1-11(20)12-5-6-14-13(9-12)15(21)10-16-18(14,2)7-4-8-19(16,3)17(22)23/h5-6,9,16H,4,7-8,10H2,1-3H3,(H,22,23)/t16-,18-,19+/m1/s1. The summed E-state index contributed by atoms with van der Waals surface area (Å²) in [6.07, 6.45) is 2.56. The molecule has 23 heavy (non-hydrogen) atoms. The van der Waals surface area contributed by atoms with Crippen LogP contribution >= 0.6 is 0 Å². The molecule has 4 nitrogen and oxygen atoms in total. The van der Waals surface area contributed by atoms with Crippen molar-refractivity contribution in [2.75, 3.05) is 0 Å². The molecule has 1 aromatic rings. The smallest absolute Gasteiger partial charge is 0.309 e. The molecule has 1 N–H and O–H groups in total. The monoisotopic (exact) mass is 314 g/mol. The topological polar surface area (TPSA) is 71.4 Å². The van der Waals surface area contributed by atoms with Crippen molar-refractivity contribution in [2.45, 2.75) is 51.9 Å². The first-order chi connectivity index (χ1) is 10.7. The van der Waals surface area contributed by atoms with Gasteiger partial charge >= 0.3 is 5.97 Å². The van der Waals surface area contributed by atoms with E-state index in [1.54, 1.807) is 19.1 Å². The number of fused-ring (bicyclic) bond motifs is 3. The highest BCUT2D eigenvalue weighted by Crippen LogP contribution is 2.57. The number of carbonyl (C=O) groups is 3. The van der Waals surface area contributed by atoms with E-state index in [4.69, 9.17) is 0 Å². The molecule has 3 atom stereocenters. The van der Waals surface area contributed by atoms with Gasteiger partial charge in [0.1, 0.15) is 0 Å². The van der Waals surface area contributed by atoms with Gasteiger partial charge in [-0.25, -0.2) is 0 Å². The second kappa shape index (κ2) is 5.02. The molecule has 2 aliphatic rings. The molecule has 3 rings (SSSR count). The van der Waals surface area contributed by atoms with Crippen LogP contribution in [0.1, 0.15) is 72.7 Å². The first-order valence-electron chi connectivity index (χ1n) is 8.12. The number of rotatable bonds is 2. The number of hydrogen-bond donors (Lipinski definition) is 1. The zero-order chi connectivity index (χ0) is 17.0. The van der Waals surface area contributed by atoms with Gasteiger partial charge < -0.3 is 5.11 Å². The molecule has 0 bridgehead atoms. The van der Waals surface area contributed by atoms with E-state index in [0.717, 1.165) is 18.4 Å². The quantitative estimate of drug-likeness (QED) is 0.846. The molecule has 4 heteroatoms. The van der Waals surface area contributed by atoms with Crippen molar-refractivity contribution in [1.82, 2.24) is 0 Å². The second-order valence-corrected chi connectivity index (χ2v) is 7.49. The van der Waals surface area contributed by atoms with Crippen molar-refractivity contribution in [3.05, 3.63) is 34.9 Å². The van der Waals surface area contributed by atoms with Crippen LogP contribution in [-0.4, -0.2) is 22.6 Å². The normalized spacial score (nSPS) is 32.8. The molecule has 1 saturated carbocycles. The molecule has 0 radical (unpaired) electrons. The summed E-state index contributed by atoms with van der Waals surface area (Å²) in [5.74, 6) is -1.12. The molecule has 1 aromatic carbocycles. The molecule has 0 amide bonds. The van der Waals surface area contributed by atoms with Crippen molar-refractivity contribution in [3.63, 3.8) is 0 Å². The highest BCUT2D eigenvalue weighted by atomic mass is 16.4. The zero-order valence-corrected chi connectivity index (χ0v) is 13.8. The molecular formula is C19H22O4. The third kappa shape index (κ3) is 2.15. The number of carbonyl (C=O) groups excluding carboxylic acids is 2. The summed E-state index contributed by atoms with van der Waals surface area (Å²) in [7, 11) is 0. The largest absolute Gasteiger partial charge is 0.481 e. The third-order valence-electron chi connectivity index (χ3n) is 6.15. The number of ketones is 2. The average molecular weight is 314 g/mol. The SMILES string of the molecule is CC(=O)c1ccc2c(c1)C(=O)C[C@H]1[C@@](C)(C(=O)O)CCC[C@]21C. The Balaban J connectivity index is 2.18. The lowest BCUT2D eigenvalue weighted by atomic mass is 9.49. The fraction of sp³-hybridized carbons (Fsp3) is 0.526. The molecular weight excluding hydrogens is 292 g/mol. The van der Waals surface area contributed by atoms with Crippen molar-refractivity contribution in [1.29, 1.82) is 0 Å². The molecule has 0 aromatic heterocycles. The summed E-state index contributed by atoms with van der Waals surface area (Å²) >= 11 is 0. The van der Waals surface area contributed by atoms with Gasteiger partial charge in [-0.05, 0) is 49.7 Å². The maximum absolute atomic E-state index is 12.7. The minimum Gasteiger partial charge on any atom is -0.481 e. The average Bonchev–Trinajstić information content (AvgIpc) is 2.49. The van der Waals surface area contributed by atoms with E-state index in [9.17, 15) is 19.5 Å². The molecule has 0 aliphatic heterocycles. The Kier molecular flexibility index (Phi) is 3.47. The minimum atomic E-state index is -0.875. The van der Waals surface area contributed by atoms with Gasteiger partial charge in [0.05, 0.1) is 5.41 Å². The number of carboxylic acids is 1. The van der Waals surface area contributed by atoms with E-state index in [2.05, 4.69) is 6.92 Å². The fourth-order valence-corrected chi connectivity index (χ4v) is 4.69. The summed E-state index contributed by atoms with van der Waals surface area (Å²) in [6, 6.07) is 5.31. The fourth-order valence-electron chi connectivity index (χ4n) is 4.69. The van der Waals surface area contributed by atoms with Crippen LogP contribution in [-0.2, 0) is 10.2 Å². The Morgan fingerprint density at radius 3 is 2.52 bits per heavy atom. The summed E-state index contributed by atoms with van der Waals surface area (Å²) < 4.78 is 0. The summed E-state index contributed by atoms with van der Waals surface area (Å²) in [4.78, 5) is 36.1. The summed E-state index contributed by atoms with van der Waals surface area (Å²) in [6.45, 7) is 5.35. The third-order valence-corrected chi connectivity index (χ3v) is 6.15. The highest BCUT2D eigenvalue weighted by Gasteiger charge is 2.56. The lowest BCUT2D eigenvalue weighted by molar-refractivity contribution is -0.156. The molecule has 0 spiro atoms. The van der Waals surface area contributed by atoms with Crippen LogP contribution in [0.2, 0.25) is 0 Å². The predicted octanol–water partition coefficient (Wildman–Crippen LogP) is 3.62. The molecule has 1 fully saturated rings. The van der Waals surface area contributed by atoms with Gasteiger partial charge in [-0.3, -0.25) is 14.4 Å². The number of Topliss-reactive ketones (excluding diaryl/α,β-unsaturated/α-hetero) is 2. The van der Waals surface area contributed by atoms with Crippen molar-refractivity contribution in [3.8, 4) is 0 Å². The Labute approximate surface area is 135 Å². The van der Waals surface area contributed by atoms with Gasteiger partial charge in [0.2, 0.25) is 0 Å². The Morgan fingerprint density at radius 2 is 1.91 bits per heavy atom. The summed E-state index contributed by atoms with van der Waals surface area (Å²) in [5.41, 5.74) is 0.849. The van der Waals surface area contributed by atoms with Crippen molar-refractivity contribution < 1.29 is 19.5 Å². The molecule has 122 valence electrons. The minimum absolute atomic E-state index is 0.0417. The number of carboxylic acid groups (broad SMARTS) is 1. The maximum atomic E-state index is 12.7. The highest BCUT2D eigenvalue weighted by molar-refractivity contribution is 6.03. The van der Waals surface area contributed by atoms with Gasteiger partial charge in [0.25, 0.3) is 0 Å². The van der Waals surface area contributed by atoms with Gasteiger partial charge in [-0.1, -0.05) is 25.5 Å². The van der Waals surface area contributed by atoms with Gasteiger partial charge in [-0.15, -0.1) is 0 Å². The maximum Gasteiger partial charge on any atom is 0.309 e. The van der Waals surface area contributed by atoms with E-state index >= 15 is 0 Å². The van der Waals surface area contributed by atoms with E-state index in [0.29, 0.717) is 17.5 Å². The van der Waals surface area contributed by atoms with Crippen LogP contribution in [0.5, 0.6) is 0 Å². The summed E-state index contributed by atoms with van der Waals surface area (Å²) in [5, 5.41) is 9.75. The van der Waals surface area contributed by atoms with Gasteiger partial charge in [0.15, 0.2) is 11.6 Å². The van der Waals surface area contributed by atoms with E-state index in [1.165, 1.54) is 6.92 Å². The Morgan fingerprint density at radius 1 is 1.22 bits per heavy atom. The Hall–Kier alpha value is -1.97. The van der Waals surface area contributed by atoms with Crippen LogP contribution < -0.4 is 0 Å². The predicted molar refractivity (Wildman–Crippen MR) is 85.8 cm³/mol. The Bertz CT molecular complexity index is 720. The van der Waals surface area contributed by atoms with E-state index < -0.39 is 11.4 Å².